The van der Waals surface area contributed by atoms with Gasteiger partial charge in [0, 0.05) is 38.3 Å². The average Bonchev–Trinajstić information content (AvgIpc) is 3.45. The molecule has 0 saturated carbocycles. The molecular formula is C43H45ClN4O3. The maximum absolute atomic E-state index is 13.9. The number of amides is 1. The van der Waals surface area contributed by atoms with E-state index in [0.717, 1.165) is 36.1 Å². The number of piperidine rings is 1. The summed E-state index contributed by atoms with van der Waals surface area (Å²) in [6.45, 7) is 3.35. The van der Waals surface area contributed by atoms with Gasteiger partial charge in [-0.2, -0.15) is 0 Å². The number of nitrogens with zero attached hydrogens (tertiary/aromatic N) is 4. The number of hydrogen-bond acceptors (Lipinski definition) is 4. The van der Waals surface area contributed by atoms with Crippen LogP contribution in [0.5, 0.6) is 0 Å². The fourth-order valence-corrected chi connectivity index (χ4v) is 7.20. The number of para-hydroxylation sites is 2. The number of ether oxygens (including phenoxy) is 1. The predicted molar refractivity (Wildman–Crippen MR) is 206 cm³/mol. The van der Waals surface area contributed by atoms with Gasteiger partial charge in [-0.25, -0.2) is 9.59 Å². The Morgan fingerprint density at radius 3 is 1.67 bits per heavy atom. The van der Waals surface area contributed by atoms with Crippen LogP contribution in [-0.4, -0.2) is 50.8 Å². The third kappa shape index (κ3) is 8.80. The van der Waals surface area contributed by atoms with Crippen LogP contribution in [-0.2, 0) is 30.8 Å². The van der Waals surface area contributed by atoms with Gasteiger partial charge in [0.2, 0.25) is 0 Å². The number of imidazole rings is 1. The van der Waals surface area contributed by atoms with Gasteiger partial charge in [0.15, 0.2) is 0 Å². The zero-order valence-electron chi connectivity index (χ0n) is 28.8. The highest BCUT2D eigenvalue weighted by Crippen LogP contribution is 2.27. The maximum Gasteiger partial charge on any atom is 0.409 e. The highest BCUT2D eigenvalue weighted by atomic mass is 35.5. The van der Waals surface area contributed by atoms with Gasteiger partial charge in [0.25, 0.3) is 0 Å². The van der Waals surface area contributed by atoms with E-state index < -0.39 is 0 Å². The number of benzene rings is 5. The number of carbonyl (C=O) groups is 1. The van der Waals surface area contributed by atoms with E-state index in [4.69, 9.17) is 4.74 Å². The molecule has 1 aliphatic heterocycles. The minimum Gasteiger partial charge on any atom is -0.448 e. The molecule has 0 radical (unpaired) electrons. The minimum absolute atomic E-state index is 0. The molecule has 0 bridgehead atoms. The second-order valence-corrected chi connectivity index (χ2v) is 13.2. The van der Waals surface area contributed by atoms with E-state index in [1.54, 1.807) is 0 Å². The van der Waals surface area contributed by atoms with Crippen LogP contribution in [0.2, 0.25) is 0 Å². The highest BCUT2D eigenvalue weighted by Gasteiger charge is 2.29. The van der Waals surface area contributed by atoms with Gasteiger partial charge < -0.3 is 9.64 Å². The van der Waals surface area contributed by atoms with Crippen molar-refractivity contribution in [3.63, 3.8) is 0 Å². The molecule has 1 aromatic heterocycles. The first kappa shape index (κ1) is 35.7. The number of likely N-dealkylation sites (tertiary alicyclic amines) is 1. The lowest BCUT2D eigenvalue weighted by Gasteiger charge is -2.34. The van der Waals surface area contributed by atoms with Crippen molar-refractivity contribution in [2.45, 2.75) is 51.0 Å². The normalized spacial score (nSPS) is 13.9. The summed E-state index contributed by atoms with van der Waals surface area (Å²) in [4.78, 5) is 31.7. The second kappa shape index (κ2) is 17.2. The van der Waals surface area contributed by atoms with Crippen molar-refractivity contribution in [1.29, 1.82) is 0 Å². The Labute approximate surface area is 306 Å². The zero-order chi connectivity index (χ0) is 34.1. The molecule has 6 aromatic rings. The lowest BCUT2D eigenvalue weighted by Crippen LogP contribution is -2.44. The summed E-state index contributed by atoms with van der Waals surface area (Å²) in [6.07, 6.45) is 1.84. The smallest absolute Gasteiger partial charge is 0.409 e. The van der Waals surface area contributed by atoms with Crippen molar-refractivity contribution in [3.05, 3.63) is 178 Å². The van der Waals surface area contributed by atoms with Crippen LogP contribution >= 0.6 is 12.4 Å². The zero-order valence-corrected chi connectivity index (χ0v) is 29.6. The van der Waals surface area contributed by atoms with E-state index in [0.29, 0.717) is 32.5 Å². The van der Waals surface area contributed by atoms with Gasteiger partial charge in [-0.15, -0.1) is 12.4 Å². The Bertz CT molecular complexity index is 1980. The van der Waals surface area contributed by atoms with E-state index >= 15 is 0 Å². The van der Waals surface area contributed by atoms with Gasteiger partial charge in [-0.05, 0) is 53.6 Å². The molecule has 8 heteroatoms. The third-order valence-corrected chi connectivity index (χ3v) is 9.83. The van der Waals surface area contributed by atoms with E-state index in [2.05, 4.69) is 89.8 Å². The summed E-state index contributed by atoms with van der Waals surface area (Å²) in [5.41, 5.74) is 6.60. The van der Waals surface area contributed by atoms with Crippen molar-refractivity contribution >= 4 is 29.5 Å². The summed E-state index contributed by atoms with van der Waals surface area (Å²) < 4.78 is 9.97. The fraction of sp³-hybridized carbons (Fsp3) is 0.256. The number of fused-ring (bicyclic) bond motifs is 1. The summed E-state index contributed by atoms with van der Waals surface area (Å²) in [7, 11) is 0. The SMILES string of the molecule is Cl.O=C(OC[C@H](Cc1ccccc1)N(Cc1ccccc1)Cc1ccccc1)N1CCC(n2c(=O)n(Cc3ccccc3)c3ccccc32)CC1. The highest BCUT2D eigenvalue weighted by molar-refractivity contribution is 5.85. The largest absolute Gasteiger partial charge is 0.448 e. The molecule has 0 spiro atoms. The lowest BCUT2D eigenvalue weighted by molar-refractivity contribution is 0.0517. The summed E-state index contributed by atoms with van der Waals surface area (Å²) in [6, 6.07) is 49.5. The van der Waals surface area contributed by atoms with Crippen LogP contribution in [0.1, 0.15) is 41.1 Å². The van der Waals surface area contributed by atoms with Crippen LogP contribution in [0.3, 0.4) is 0 Å². The molecule has 262 valence electrons. The quantitative estimate of drug-likeness (QED) is 0.129. The molecule has 0 N–H and O–H groups in total. The Kier molecular flexibility index (Phi) is 12.0. The molecule has 5 aromatic carbocycles. The van der Waals surface area contributed by atoms with E-state index in [-0.39, 0.29) is 42.9 Å². The predicted octanol–water partition coefficient (Wildman–Crippen LogP) is 8.36. The van der Waals surface area contributed by atoms with Gasteiger partial charge in [-0.1, -0.05) is 133 Å². The topological polar surface area (TPSA) is 59.7 Å². The van der Waals surface area contributed by atoms with Gasteiger partial charge in [0.05, 0.1) is 17.6 Å². The monoisotopic (exact) mass is 700 g/mol. The molecule has 7 rings (SSSR count). The second-order valence-electron chi connectivity index (χ2n) is 13.2. The number of carbonyl (C=O) groups excluding carboxylic acids is 1. The van der Waals surface area contributed by atoms with Crippen molar-refractivity contribution in [1.82, 2.24) is 18.9 Å². The molecule has 1 saturated heterocycles. The Balaban J connectivity index is 0.00000448. The molecule has 1 atom stereocenters. The van der Waals surface area contributed by atoms with Crippen LogP contribution in [0, 0.1) is 0 Å². The van der Waals surface area contributed by atoms with Gasteiger partial charge in [-0.3, -0.25) is 14.0 Å². The number of rotatable bonds is 12. The van der Waals surface area contributed by atoms with Gasteiger partial charge >= 0.3 is 11.8 Å². The van der Waals surface area contributed by atoms with Gasteiger partial charge in [0.1, 0.15) is 6.61 Å². The molecule has 2 heterocycles. The Hall–Kier alpha value is -5.11. The molecule has 1 fully saturated rings. The first-order valence-electron chi connectivity index (χ1n) is 17.6. The first-order chi connectivity index (χ1) is 24.6. The van der Waals surface area contributed by atoms with Crippen LogP contribution in [0.15, 0.2) is 150 Å². The first-order valence-corrected chi connectivity index (χ1v) is 17.6. The molecule has 0 unspecified atom stereocenters. The summed E-state index contributed by atoms with van der Waals surface area (Å²) in [5.74, 6) is 0. The molecule has 0 aliphatic carbocycles. The molecular weight excluding hydrogens is 656 g/mol. The molecule has 7 nitrogen and oxygen atoms in total. The van der Waals surface area contributed by atoms with Crippen molar-refractivity contribution < 1.29 is 9.53 Å². The van der Waals surface area contributed by atoms with Crippen molar-refractivity contribution in [2.24, 2.45) is 0 Å². The van der Waals surface area contributed by atoms with Crippen molar-refractivity contribution in [2.75, 3.05) is 19.7 Å². The van der Waals surface area contributed by atoms with Crippen LogP contribution in [0.4, 0.5) is 4.79 Å². The van der Waals surface area contributed by atoms with E-state index in [1.165, 1.54) is 16.7 Å². The van der Waals surface area contributed by atoms with Crippen LogP contribution < -0.4 is 5.69 Å². The summed E-state index contributed by atoms with van der Waals surface area (Å²) in [5, 5.41) is 0. The lowest BCUT2D eigenvalue weighted by atomic mass is 10.0. The van der Waals surface area contributed by atoms with Crippen LogP contribution in [0.25, 0.3) is 11.0 Å². The standard InChI is InChI=1S/C43H44N4O3.ClH/c48-42-46(32-37-21-11-4-12-22-37)40-23-13-14-24-41(40)47(42)38-25-27-44(28-26-38)43(49)50-33-39(29-34-15-5-1-6-16-34)45(30-35-17-7-2-8-18-35)31-36-19-9-3-10-20-36;/h1-24,38-39H,25-33H2;1H/t39-;/m0./s1. The van der Waals surface area contributed by atoms with E-state index in [9.17, 15) is 9.59 Å². The minimum atomic E-state index is -0.292. The average molecular weight is 701 g/mol. The Morgan fingerprint density at radius 2 is 1.12 bits per heavy atom. The summed E-state index contributed by atoms with van der Waals surface area (Å²) >= 11 is 0. The molecule has 1 aliphatic rings. The fourth-order valence-electron chi connectivity index (χ4n) is 7.20. The number of aromatic nitrogens is 2. The third-order valence-electron chi connectivity index (χ3n) is 9.83. The maximum atomic E-state index is 13.9. The number of hydrogen-bond donors (Lipinski definition) is 0. The number of halogens is 1. The van der Waals surface area contributed by atoms with E-state index in [1.807, 2.05) is 74.7 Å². The van der Waals surface area contributed by atoms with Crippen molar-refractivity contribution in [3.8, 4) is 0 Å². The molecule has 1 amide bonds. The Morgan fingerprint density at radius 1 is 0.647 bits per heavy atom. The molecule has 51 heavy (non-hydrogen) atoms.